The first-order chi connectivity index (χ1) is 18.9. The van der Waals surface area contributed by atoms with Crippen molar-refractivity contribution in [2.24, 2.45) is 5.92 Å². The van der Waals surface area contributed by atoms with Gasteiger partial charge in [-0.3, -0.25) is 4.79 Å². The quantitative estimate of drug-likeness (QED) is 0.194. The van der Waals surface area contributed by atoms with Gasteiger partial charge in [0, 0.05) is 31.2 Å². The Bertz CT molecular complexity index is 1360. The molecule has 1 heterocycles. The van der Waals surface area contributed by atoms with Crippen molar-refractivity contribution < 1.29 is 27.1 Å². The van der Waals surface area contributed by atoms with Crippen LogP contribution < -0.4 is 10.1 Å². The van der Waals surface area contributed by atoms with Crippen molar-refractivity contribution in [3.05, 3.63) is 107 Å². The number of hydrogen-bond acceptors (Lipinski definition) is 3. The Hall–Kier alpha value is -3.65. The summed E-state index contributed by atoms with van der Waals surface area (Å²) in [5.41, 5.74) is 3.41. The molecule has 5 rings (SSSR count). The van der Waals surface area contributed by atoms with Gasteiger partial charge in [-0.2, -0.15) is 4.39 Å². The largest absolute Gasteiger partial charge is 0.488 e. The molecule has 1 N–H and O–H groups in total. The molecule has 39 heavy (non-hydrogen) atoms. The Morgan fingerprint density at radius 1 is 0.923 bits per heavy atom. The van der Waals surface area contributed by atoms with Gasteiger partial charge in [-0.15, -0.1) is 0 Å². The summed E-state index contributed by atoms with van der Waals surface area (Å²) < 4.78 is 60.3. The summed E-state index contributed by atoms with van der Waals surface area (Å²) in [6.07, 6.45) is 4.96. The van der Waals surface area contributed by atoms with Crippen LogP contribution in [0.25, 0.3) is 5.57 Å². The van der Waals surface area contributed by atoms with Gasteiger partial charge in [-0.05, 0) is 60.6 Å². The number of hydrogen-bond donors (Lipinski definition) is 1. The molecular weight excluding hydrogens is 508 g/mol. The van der Waals surface area contributed by atoms with Gasteiger partial charge in [0.05, 0.1) is 12.5 Å². The number of nitrogens with one attached hydrogen (secondary N) is 1. The van der Waals surface area contributed by atoms with Crippen LogP contribution in [0.3, 0.4) is 0 Å². The van der Waals surface area contributed by atoms with E-state index in [-0.39, 0.29) is 36.8 Å². The fourth-order valence-corrected chi connectivity index (χ4v) is 4.94. The molecule has 0 aromatic heterocycles. The SMILES string of the molecule is O=C(C1CNCC=C1c1ccc(CCCOc2c(F)ccc(F)c2F)cc1)N(Cc1ccccc1F)C1CC1. The molecule has 1 unspecified atom stereocenters. The number of nitrogens with zero attached hydrogens (tertiary/aromatic N) is 1. The van der Waals surface area contributed by atoms with Gasteiger partial charge < -0.3 is 15.0 Å². The maximum Gasteiger partial charge on any atom is 0.231 e. The fraction of sp³-hybridized carbons (Fsp3) is 0.323. The molecule has 0 spiro atoms. The van der Waals surface area contributed by atoms with Crippen LogP contribution in [-0.2, 0) is 17.8 Å². The van der Waals surface area contributed by atoms with E-state index in [1.165, 1.54) is 6.07 Å². The highest BCUT2D eigenvalue weighted by atomic mass is 19.2. The van der Waals surface area contributed by atoms with Crippen LogP contribution in [0.5, 0.6) is 5.75 Å². The highest BCUT2D eigenvalue weighted by molar-refractivity contribution is 5.93. The van der Waals surface area contributed by atoms with Crippen molar-refractivity contribution in [1.29, 1.82) is 0 Å². The molecule has 8 heteroatoms. The molecule has 4 nitrogen and oxygen atoms in total. The highest BCUT2D eigenvalue weighted by Gasteiger charge is 2.38. The molecule has 1 fully saturated rings. The van der Waals surface area contributed by atoms with E-state index in [9.17, 15) is 22.4 Å². The van der Waals surface area contributed by atoms with E-state index in [2.05, 4.69) is 5.32 Å². The molecule has 0 radical (unpaired) electrons. The predicted molar refractivity (Wildman–Crippen MR) is 141 cm³/mol. The van der Waals surface area contributed by atoms with E-state index in [0.29, 0.717) is 31.5 Å². The summed E-state index contributed by atoms with van der Waals surface area (Å²) in [7, 11) is 0. The van der Waals surface area contributed by atoms with Gasteiger partial charge >= 0.3 is 0 Å². The lowest BCUT2D eigenvalue weighted by molar-refractivity contribution is -0.134. The van der Waals surface area contributed by atoms with E-state index < -0.39 is 23.2 Å². The second kappa shape index (κ2) is 12.0. The zero-order valence-electron chi connectivity index (χ0n) is 21.4. The smallest absolute Gasteiger partial charge is 0.231 e. The van der Waals surface area contributed by atoms with Crippen LogP contribution in [-0.4, -0.2) is 36.5 Å². The number of rotatable bonds is 10. The number of halogens is 4. The van der Waals surface area contributed by atoms with E-state index in [1.807, 2.05) is 35.2 Å². The summed E-state index contributed by atoms with van der Waals surface area (Å²) in [4.78, 5) is 15.6. The summed E-state index contributed by atoms with van der Waals surface area (Å²) in [5.74, 6) is -4.80. The average Bonchev–Trinajstić information content (AvgIpc) is 3.80. The van der Waals surface area contributed by atoms with Crippen molar-refractivity contribution >= 4 is 11.5 Å². The third-order valence-electron chi connectivity index (χ3n) is 7.20. The molecule has 0 saturated heterocycles. The topological polar surface area (TPSA) is 41.6 Å². The summed E-state index contributed by atoms with van der Waals surface area (Å²) in [5, 5.41) is 3.29. The lowest BCUT2D eigenvalue weighted by atomic mass is 9.88. The zero-order valence-corrected chi connectivity index (χ0v) is 21.4. The summed E-state index contributed by atoms with van der Waals surface area (Å²) in [6, 6.07) is 16.1. The second-order valence-corrected chi connectivity index (χ2v) is 9.98. The van der Waals surface area contributed by atoms with Crippen LogP contribution in [0.4, 0.5) is 17.6 Å². The first-order valence-electron chi connectivity index (χ1n) is 13.2. The third kappa shape index (κ3) is 6.33. The zero-order chi connectivity index (χ0) is 27.4. The molecular formula is C31H30F4N2O2. The van der Waals surface area contributed by atoms with Crippen molar-refractivity contribution in [3.8, 4) is 5.75 Å². The minimum Gasteiger partial charge on any atom is -0.488 e. The highest BCUT2D eigenvalue weighted by Crippen LogP contribution is 2.34. The van der Waals surface area contributed by atoms with Gasteiger partial charge in [-0.25, -0.2) is 13.2 Å². The van der Waals surface area contributed by atoms with Crippen molar-refractivity contribution in [1.82, 2.24) is 10.2 Å². The summed E-state index contributed by atoms with van der Waals surface area (Å²) in [6.45, 7) is 1.45. The minimum atomic E-state index is -1.33. The number of benzene rings is 3. The third-order valence-corrected chi connectivity index (χ3v) is 7.20. The Labute approximate surface area is 225 Å². The first kappa shape index (κ1) is 26.9. The Morgan fingerprint density at radius 2 is 1.67 bits per heavy atom. The van der Waals surface area contributed by atoms with Gasteiger partial charge in [0.25, 0.3) is 0 Å². The second-order valence-electron chi connectivity index (χ2n) is 9.98. The monoisotopic (exact) mass is 538 g/mol. The Kier molecular flexibility index (Phi) is 8.31. The number of ether oxygens (including phenoxy) is 1. The van der Waals surface area contributed by atoms with Crippen molar-refractivity contribution in [2.75, 3.05) is 19.7 Å². The molecule has 3 aromatic carbocycles. The minimum absolute atomic E-state index is 0.00255. The van der Waals surface area contributed by atoms with E-state index in [0.717, 1.165) is 41.7 Å². The maximum absolute atomic E-state index is 14.3. The molecule has 204 valence electrons. The molecule has 1 aliphatic carbocycles. The standard InChI is InChI=1S/C31H30F4N2O2/c32-26-6-2-1-5-22(26)19-37(23-11-12-23)31(38)25-18-36-16-15-24(25)21-9-7-20(8-10-21)4-3-17-39-30-28(34)14-13-27(33)29(30)35/h1-2,5-10,13-15,23,25,36H,3-4,11-12,16-19H2. The van der Waals surface area contributed by atoms with Crippen LogP contribution >= 0.6 is 0 Å². The maximum atomic E-state index is 14.3. The molecule has 2 aliphatic rings. The molecule has 1 amide bonds. The summed E-state index contributed by atoms with van der Waals surface area (Å²) >= 11 is 0. The average molecular weight is 539 g/mol. The molecule has 1 atom stereocenters. The lowest BCUT2D eigenvalue weighted by Gasteiger charge is -2.31. The van der Waals surface area contributed by atoms with E-state index in [4.69, 9.17) is 4.74 Å². The predicted octanol–water partition coefficient (Wildman–Crippen LogP) is 6.05. The van der Waals surface area contributed by atoms with E-state index in [1.54, 1.807) is 18.2 Å². The Balaban J connectivity index is 1.22. The van der Waals surface area contributed by atoms with E-state index >= 15 is 0 Å². The molecule has 1 saturated carbocycles. The molecule has 3 aromatic rings. The van der Waals surface area contributed by atoms with Crippen molar-refractivity contribution in [2.45, 2.75) is 38.3 Å². The van der Waals surface area contributed by atoms with Crippen LogP contribution in [0.1, 0.15) is 36.0 Å². The van der Waals surface area contributed by atoms with Crippen LogP contribution in [0.2, 0.25) is 0 Å². The number of aryl methyl sites for hydroxylation is 1. The fourth-order valence-electron chi connectivity index (χ4n) is 4.94. The first-order valence-corrected chi connectivity index (χ1v) is 13.2. The number of carbonyl (C=O) groups excluding carboxylic acids is 1. The van der Waals surface area contributed by atoms with Crippen LogP contribution in [0, 0.1) is 29.2 Å². The lowest BCUT2D eigenvalue weighted by Crippen LogP contribution is -2.43. The molecule has 0 bridgehead atoms. The van der Waals surface area contributed by atoms with Crippen LogP contribution in [0.15, 0.2) is 66.7 Å². The van der Waals surface area contributed by atoms with Gasteiger partial charge in [0.2, 0.25) is 11.7 Å². The molecule has 1 aliphatic heterocycles. The van der Waals surface area contributed by atoms with Gasteiger partial charge in [0.15, 0.2) is 17.4 Å². The normalized spacial score (nSPS) is 17.0. The van der Waals surface area contributed by atoms with Crippen molar-refractivity contribution in [3.63, 3.8) is 0 Å². The van der Waals surface area contributed by atoms with Gasteiger partial charge in [-0.1, -0.05) is 48.5 Å². The Morgan fingerprint density at radius 3 is 2.41 bits per heavy atom. The van der Waals surface area contributed by atoms with Gasteiger partial charge in [0.1, 0.15) is 5.82 Å². The number of amides is 1. The number of carbonyl (C=O) groups is 1.